The van der Waals surface area contributed by atoms with E-state index in [2.05, 4.69) is 20.4 Å². The summed E-state index contributed by atoms with van der Waals surface area (Å²) in [7, 11) is 0. The highest BCUT2D eigenvalue weighted by atomic mass is 16.2. The molecule has 0 saturated carbocycles. The van der Waals surface area contributed by atoms with Gasteiger partial charge in [0.25, 0.3) is 0 Å². The van der Waals surface area contributed by atoms with Crippen LogP contribution in [0, 0.1) is 0 Å². The van der Waals surface area contributed by atoms with Gasteiger partial charge in [0.05, 0.1) is 18.7 Å². The van der Waals surface area contributed by atoms with E-state index in [1.807, 2.05) is 34.1 Å². The smallest absolute Gasteiger partial charge is 0.236 e. The second-order valence-corrected chi connectivity index (χ2v) is 8.05. The predicted molar refractivity (Wildman–Crippen MR) is 111 cm³/mol. The van der Waals surface area contributed by atoms with E-state index >= 15 is 0 Å². The average molecular weight is 412 g/mol. The van der Waals surface area contributed by atoms with Crippen molar-refractivity contribution >= 4 is 11.8 Å². The molecule has 0 unspecified atom stereocenters. The maximum absolute atomic E-state index is 12.7. The molecule has 0 N–H and O–H groups in total. The van der Waals surface area contributed by atoms with E-state index in [4.69, 9.17) is 0 Å². The molecule has 2 amide bonds. The molecule has 4 rings (SSSR count). The summed E-state index contributed by atoms with van der Waals surface area (Å²) in [6.45, 7) is 5.12. The van der Waals surface area contributed by atoms with E-state index in [1.54, 1.807) is 4.68 Å². The molecule has 2 aromatic rings. The van der Waals surface area contributed by atoms with Gasteiger partial charge in [-0.1, -0.05) is 25.0 Å². The normalized spacial score (nSPS) is 18.3. The van der Waals surface area contributed by atoms with Crippen LogP contribution in [0.4, 0.5) is 0 Å². The molecular weight excluding hydrogens is 382 g/mol. The number of tetrazole rings is 1. The van der Waals surface area contributed by atoms with Crippen molar-refractivity contribution < 1.29 is 9.59 Å². The number of carbonyl (C=O) groups excluding carboxylic acids is 2. The fourth-order valence-corrected chi connectivity index (χ4v) is 4.10. The standard InChI is InChI=1S/C21H29N7O2/c29-20(15-18-5-7-19(8-6-18)28-17-22-23-24-28)27-13-11-25(12-14-27)16-21(30)26-9-3-1-2-4-10-26/h5-8,17H,1-4,9-16H2. The van der Waals surface area contributed by atoms with Gasteiger partial charge in [0.2, 0.25) is 11.8 Å². The SMILES string of the molecule is O=C(Cc1ccc(-n2cnnn2)cc1)N1CCN(CC(=O)N2CCCCCC2)CC1. The van der Waals surface area contributed by atoms with Crippen molar-refractivity contribution in [1.29, 1.82) is 0 Å². The summed E-state index contributed by atoms with van der Waals surface area (Å²) in [5.74, 6) is 0.364. The molecule has 0 aliphatic carbocycles. The molecular formula is C21H29N7O2. The maximum atomic E-state index is 12.7. The molecule has 9 heteroatoms. The van der Waals surface area contributed by atoms with Gasteiger partial charge in [-0.2, -0.15) is 0 Å². The third-order valence-electron chi connectivity index (χ3n) is 5.95. The summed E-state index contributed by atoms with van der Waals surface area (Å²) in [6.07, 6.45) is 6.60. The van der Waals surface area contributed by atoms with E-state index in [1.165, 1.54) is 19.2 Å². The van der Waals surface area contributed by atoms with Crippen LogP contribution >= 0.6 is 0 Å². The highest BCUT2D eigenvalue weighted by molar-refractivity contribution is 5.79. The zero-order valence-electron chi connectivity index (χ0n) is 17.3. The van der Waals surface area contributed by atoms with Gasteiger partial charge < -0.3 is 9.80 Å². The van der Waals surface area contributed by atoms with Crippen LogP contribution in [0.2, 0.25) is 0 Å². The second-order valence-electron chi connectivity index (χ2n) is 8.05. The van der Waals surface area contributed by atoms with Crippen LogP contribution in [0.3, 0.4) is 0 Å². The molecule has 0 spiro atoms. The topological polar surface area (TPSA) is 87.5 Å². The minimum absolute atomic E-state index is 0.128. The van der Waals surface area contributed by atoms with Crippen LogP contribution < -0.4 is 0 Å². The van der Waals surface area contributed by atoms with E-state index in [0.29, 0.717) is 26.1 Å². The predicted octanol–water partition coefficient (Wildman–Crippen LogP) is 0.752. The first kappa shape index (κ1) is 20.5. The minimum atomic E-state index is 0.128. The Morgan fingerprint density at radius 3 is 2.10 bits per heavy atom. The molecule has 9 nitrogen and oxygen atoms in total. The van der Waals surface area contributed by atoms with Crippen LogP contribution in [-0.2, 0) is 16.0 Å². The van der Waals surface area contributed by atoms with Gasteiger partial charge >= 0.3 is 0 Å². The third-order valence-corrected chi connectivity index (χ3v) is 5.95. The lowest BCUT2D eigenvalue weighted by atomic mass is 10.1. The molecule has 0 radical (unpaired) electrons. The Morgan fingerprint density at radius 1 is 0.800 bits per heavy atom. The molecule has 2 fully saturated rings. The Balaban J connectivity index is 1.22. The van der Waals surface area contributed by atoms with Crippen molar-refractivity contribution in [1.82, 2.24) is 34.9 Å². The van der Waals surface area contributed by atoms with Gasteiger partial charge in [-0.3, -0.25) is 14.5 Å². The van der Waals surface area contributed by atoms with Crippen LogP contribution in [0.1, 0.15) is 31.2 Å². The second kappa shape index (κ2) is 9.80. The zero-order valence-corrected chi connectivity index (χ0v) is 17.3. The van der Waals surface area contributed by atoms with E-state index < -0.39 is 0 Å². The number of aromatic nitrogens is 4. The summed E-state index contributed by atoms with van der Waals surface area (Å²) < 4.78 is 1.58. The van der Waals surface area contributed by atoms with E-state index in [-0.39, 0.29) is 11.8 Å². The van der Waals surface area contributed by atoms with Crippen LogP contribution in [0.15, 0.2) is 30.6 Å². The summed E-state index contributed by atoms with van der Waals surface area (Å²) in [6, 6.07) is 7.69. The summed E-state index contributed by atoms with van der Waals surface area (Å²) in [4.78, 5) is 31.4. The van der Waals surface area contributed by atoms with Gasteiger partial charge in [0, 0.05) is 39.3 Å². The highest BCUT2D eigenvalue weighted by Gasteiger charge is 2.24. The van der Waals surface area contributed by atoms with Gasteiger partial charge in [0.15, 0.2) is 0 Å². The fraction of sp³-hybridized carbons (Fsp3) is 0.571. The number of amides is 2. The molecule has 2 aliphatic rings. The first-order chi connectivity index (χ1) is 14.7. The Morgan fingerprint density at radius 2 is 1.47 bits per heavy atom. The van der Waals surface area contributed by atoms with Crippen molar-refractivity contribution in [2.24, 2.45) is 0 Å². The molecule has 0 atom stereocenters. The lowest BCUT2D eigenvalue weighted by Crippen LogP contribution is -2.52. The largest absolute Gasteiger partial charge is 0.342 e. The Kier molecular flexibility index (Phi) is 6.68. The lowest BCUT2D eigenvalue weighted by Gasteiger charge is -2.35. The maximum Gasteiger partial charge on any atom is 0.236 e. The van der Waals surface area contributed by atoms with E-state index in [9.17, 15) is 9.59 Å². The van der Waals surface area contributed by atoms with Gasteiger partial charge in [-0.05, 0) is 41.0 Å². The number of hydrogen-bond donors (Lipinski definition) is 0. The molecule has 160 valence electrons. The van der Waals surface area contributed by atoms with Gasteiger partial charge in [-0.15, -0.1) is 5.10 Å². The Hall–Kier alpha value is -2.81. The number of rotatable bonds is 5. The molecule has 3 heterocycles. The zero-order chi connectivity index (χ0) is 20.8. The number of nitrogens with zero attached hydrogens (tertiary/aromatic N) is 7. The third kappa shape index (κ3) is 5.21. The number of benzene rings is 1. The average Bonchev–Trinajstić information content (AvgIpc) is 3.17. The van der Waals surface area contributed by atoms with Crippen molar-refractivity contribution in [3.63, 3.8) is 0 Å². The summed E-state index contributed by atoms with van der Waals surface area (Å²) in [5, 5.41) is 11.1. The van der Waals surface area contributed by atoms with Crippen molar-refractivity contribution in [2.75, 3.05) is 45.8 Å². The van der Waals surface area contributed by atoms with Crippen LogP contribution in [0.25, 0.3) is 5.69 Å². The molecule has 0 bridgehead atoms. The first-order valence-corrected chi connectivity index (χ1v) is 10.8. The first-order valence-electron chi connectivity index (χ1n) is 10.8. The van der Waals surface area contributed by atoms with Crippen LogP contribution in [0.5, 0.6) is 0 Å². The molecule has 2 saturated heterocycles. The Labute approximate surface area is 176 Å². The quantitative estimate of drug-likeness (QED) is 0.722. The lowest BCUT2D eigenvalue weighted by molar-refractivity contribution is -0.134. The Bertz CT molecular complexity index is 822. The number of piperazine rings is 1. The molecule has 2 aliphatic heterocycles. The molecule has 1 aromatic heterocycles. The fourth-order valence-electron chi connectivity index (χ4n) is 4.10. The number of likely N-dealkylation sites (tertiary alicyclic amines) is 1. The molecule has 30 heavy (non-hydrogen) atoms. The molecule has 1 aromatic carbocycles. The number of carbonyl (C=O) groups is 2. The van der Waals surface area contributed by atoms with Crippen LogP contribution in [-0.4, -0.2) is 92.5 Å². The number of hydrogen-bond acceptors (Lipinski definition) is 6. The van der Waals surface area contributed by atoms with Gasteiger partial charge in [0.1, 0.15) is 6.33 Å². The van der Waals surface area contributed by atoms with Crippen molar-refractivity contribution in [2.45, 2.75) is 32.1 Å². The van der Waals surface area contributed by atoms with Gasteiger partial charge in [-0.25, -0.2) is 4.68 Å². The summed E-state index contributed by atoms with van der Waals surface area (Å²) >= 11 is 0. The summed E-state index contributed by atoms with van der Waals surface area (Å²) in [5.41, 5.74) is 1.83. The highest BCUT2D eigenvalue weighted by Crippen LogP contribution is 2.13. The van der Waals surface area contributed by atoms with Crippen molar-refractivity contribution in [3.8, 4) is 5.69 Å². The monoisotopic (exact) mass is 411 g/mol. The van der Waals surface area contributed by atoms with E-state index in [0.717, 1.165) is 50.3 Å². The minimum Gasteiger partial charge on any atom is -0.342 e. The van der Waals surface area contributed by atoms with Crippen molar-refractivity contribution in [3.05, 3.63) is 36.2 Å².